The van der Waals surface area contributed by atoms with E-state index in [4.69, 9.17) is 0 Å². The second-order valence-corrected chi connectivity index (χ2v) is 5.62. The van der Waals surface area contributed by atoms with Gasteiger partial charge in [-0.15, -0.1) is 0 Å². The summed E-state index contributed by atoms with van der Waals surface area (Å²) in [5.74, 6) is 1.98. The van der Waals surface area contributed by atoms with Crippen LogP contribution in [0.25, 0.3) is 0 Å². The van der Waals surface area contributed by atoms with Gasteiger partial charge in [0.25, 0.3) is 0 Å². The third kappa shape index (κ3) is 3.21. The van der Waals surface area contributed by atoms with Crippen LogP contribution in [0.4, 0.5) is 0 Å². The first kappa shape index (κ1) is 11.4. The molecule has 2 fully saturated rings. The third-order valence-corrected chi connectivity index (χ3v) is 4.58. The highest BCUT2D eigenvalue weighted by Crippen LogP contribution is 2.29. The van der Waals surface area contributed by atoms with Crippen LogP contribution in [0.5, 0.6) is 0 Å². The molecule has 1 heteroatoms. The smallest absolute Gasteiger partial charge is 0.00953 e. The first-order valence-electron chi connectivity index (χ1n) is 7.13. The van der Waals surface area contributed by atoms with Crippen LogP contribution >= 0.6 is 0 Å². The van der Waals surface area contributed by atoms with Gasteiger partial charge in [-0.3, -0.25) is 0 Å². The van der Waals surface area contributed by atoms with Crippen molar-refractivity contribution >= 4 is 0 Å². The molecule has 15 heavy (non-hydrogen) atoms. The lowest BCUT2D eigenvalue weighted by molar-refractivity contribution is 0.304. The summed E-state index contributed by atoms with van der Waals surface area (Å²) in [6.45, 7) is 3.66. The zero-order valence-electron chi connectivity index (χ0n) is 10.3. The summed E-state index contributed by atoms with van der Waals surface area (Å²) < 4.78 is 0. The van der Waals surface area contributed by atoms with Gasteiger partial charge >= 0.3 is 0 Å². The molecule has 0 aromatic heterocycles. The topological polar surface area (TPSA) is 12.0 Å². The van der Waals surface area contributed by atoms with Crippen LogP contribution in [0.2, 0.25) is 0 Å². The highest BCUT2D eigenvalue weighted by atomic mass is 14.9. The van der Waals surface area contributed by atoms with Crippen molar-refractivity contribution in [1.82, 2.24) is 5.32 Å². The van der Waals surface area contributed by atoms with Crippen molar-refractivity contribution in [2.45, 2.75) is 70.8 Å². The first-order chi connectivity index (χ1) is 7.40. The highest BCUT2D eigenvalue weighted by Gasteiger charge is 2.25. The minimum Gasteiger partial charge on any atom is -0.313 e. The van der Waals surface area contributed by atoms with Crippen LogP contribution < -0.4 is 5.32 Å². The SMILES string of the molecule is CCC1CCCC1NCC1CCCCC1. The molecular formula is C14H27N. The Kier molecular flexibility index (Phi) is 4.49. The minimum atomic E-state index is 0.858. The van der Waals surface area contributed by atoms with E-state index in [1.54, 1.807) is 0 Å². The Morgan fingerprint density at radius 3 is 2.47 bits per heavy atom. The lowest BCUT2D eigenvalue weighted by Crippen LogP contribution is -2.36. The van der Waals surface area contributed by atoms with E-state index in [9.17, 15) is 0 Å². The maximum Gasteiger partial charge on any atom is 0.00953 e. The second-order valence-electron chi connectivity index (χ2n) is 5.62. The zero-order valence-corrected chi connectivity index (χ0v) is 10.3. The van der Waals surface area contributed by atoms with Crippen LogP contribution in [0.3, 0.4) is 0 Å². The Morgan fingerprint density at radius 2 is 1.73 bits per heavy atom. The molecule has 0 saturated heterocycles. The van der Waals surface area contributed by atoms with E-state index in [1.807, 2.05) is 0 Å². The molecule has 0 aliphatic heterocycles. The Morgan fingerprint density at radius 1 is 0.933 bits per heavy atom. The highest BCUT2D eigenvalue weighted by molar-refractivity contribution is 4.83. The fraction of sp³-hybridized carbons (Fsp3) is 1.00. The van der Waals surface area contributed by atoms with Crippen LogP contribution in [0.15, 0.2) is 0 Å². The van der Waals surface area contributed by atoms with E-state index in [0.717, 1.165) is 17.9 Å². The lowest BCUT2D eigenvalue weighted by Gasteiger charge is -2.26. The molecule has 2 aliphatic carbocycles. The van der Waals surface area contributed by atoms with Gasteiger partial charge in [-0.25, -0.2) is 0 Å². The first-order valence-corrected chi connectivity index (χ1v) is 7.13. The van der Waals surface area contributed by atoms with Crippen molar-refractivity contribution in [3.8, 4) is 0 Å². The standard InChI is InChI=1S/C14H27N/c1-2-13-9-6-10-14(13)15-11-12-7-4-3-5-8-12/h12-15H,2-11H2,1H3. The molecule has 0 amide bonds. The second kappa shape index (κ2) is 5.89. The Hall–Kier alpha value is -0.0400. The number of hydrogen-bond donors (Lipinski definition) is 1. The lowest BCUT2D eigenvalue weighted by atomic mass is 9.89. The van der Waals surface area contributed by atoms with Crippen LogP contribution in [0.1, 0.15) is 64.7 Å². The number of nitrogens with one attached hydrogen (secondary N) is 1. The molecule has 0 aromatic carbocycles. The molecule has 1 nitrogen and oxygen atoms in total. The molecule has 0 bridgehead atoms. The summed E-state index contributed by atoms with van der Waals surface area (Å²) in [6, 6.07) is 0.858. The largest absolute Gasteiger partial charge is 0.313 e. The van der Waals surface area contributed by atoms with Crippen molar-refractivity contribution in [3.05, 3.63) is 0 Å². The van der Waals surface area contributed by atoms with Crippen molar-refractivity contribution in [2.24, 2.45) is 11.8 Å². The van der Waals surface area contributed by atoms with Gasteiger partial charge in [0.1, 0.15) is 0 Å². The van der Waals surface area contributed by atoms with Crippen LogP contribution in [-0.2, 0) is 0 Å². The molecule has 2 rings (SSSR count). The Labute approximate surface area is 95.0 Å². The number of hydrogen-bond acceptors (Lipinski definition) is 1. The molecule has 2 unspecified atom stereocenters. The van der Waals surface area contributed by atoms with Gasteiger partial charge < -0.3 is 5.32 Å². The van der Waals surface area contributed by atoms with Gasteiger partial charge in [0, 0.05) is 6.04 Å². The van der Waals surface area contributed by atoms with Crippen molar-refractivity contribution < 1.29 is 0 Å². The summed E-state index contributed by atoms with van der Waals surface area (Å²) >= 11 is 0. The normalized spacial score (nSPS) is 33.4. The van der Waals surface area contributed by atoms with Crippen LogP contribution in [-0.4, -0.2) is 12.6 Å². The van der Waals surface area contributed by atoms with E-state index < -0.39 is 0 Å². The Bertz CT molecular complexity index is 172. The molecular weight excluding hydrogens is 182 g/mol. The fourth-order valence-corrected chi connectivity index (χ4v) is 3.50. The molecule has 88 valence electrons. The zero-order chi connectivity index (χ0) is 10.5. The third-order valence-electron chi connectivity index (χ3n) is 4.58. The molecule has 2 saturated carbocycles. The molecule has 0 radical (unpaired) electrons. The van der Waals surface area contributed by atoms with E-state index >= 15 is 0 Å². The van der Waals surface area contributed by atoms with Crippen molar-refractivity contribution in [1.29, 1.82) is 0 Å². The summed E-state index contributed by atoms with van der Waals surface area (Å²) in [6.07, 6.45) is 13.2. The van der Waals surface area contributed by atoms with E-state index in [0.29, 0.717) is 0 Å². The van der Waals surface area contributed by atoms with Gasteiger partial charge in [-0.05, 0) is 44.1 Å². The maximum atomic E-state index is 3.85. The number of rotatable bonds is 4. The quantitative estimate of drug-likeness (QED) is 0.744. The predicted octanol–water partition coefficient (Wildman–Crippen LogP) is 3.74. The minimum absolute atomic E-state index is 0.858. The fourth-order valence-electron chi connectivity index (χ4n) is 3.50. The Balaban J connectivity index is 1.67. The van der Waals surface area contributed by atoms with E-state index in [1.165, 1.54) is 64.3 Å². The maximum absolute atomic E-state index is 3.85. The summed E-state index contributed by atoms with van der Waals surface area (Å²) in [5.41, 5.74) is 0. The van der Waals surface area contributed by atoms with E-state index in [-0.39, 0.29) is 0 Å². The van der Waals surface area contributed by atoms with Crippen LogP contribution in [0, 0.1) is 11.8 Å². The molecule has 0 spiro atoms. The average molecular weight is 209 g/mol. The van der Waals surface area contributed by atoms with Gasteiger partial charge in [0.15, 0.2) is 0 Å². The molecule has 0 heterocycles. The van der Waals surface area contributed by atoms with Gasteiger partial charge in [-0.2, -0.15) is 0 Å². The van der Waals surface area contributed by atoms with Gasteiger partial charge in [-0.1, -0.05) is 39.0 Å². The molecule has 1 N–H and O–H groups in total. The predicted molar refractivity (Wildman–Crippen MR) is 66.0 cm³/mol. The van der Waals surface area contributed by atoms with Gasteiger partial charge in [0.2, 0.25) is 0 Å². The van der Waals surface area contributed by atoms with E-state index in [2.05, 4.69) is 12.2 Å². The molecule has 2 aliphatic rings. The van der Waals surface area contributed by atoms with Gasteiger partial charge in [0.05, 0.1) is 0 Å². The summed E-state index contributed by atoms with van der Waals surface area (Å²) in [5, 5.41) is 3.85. The average Bonchev–Trinajstić information content (AvgIpc) is 2.75. The molecule has 2 atom stereocenters. The summed E-state index contributed by atoms with van der Waals surface area (Å²) in [7, 11) is 0. The monoisotopic (exact) mass is 209 g/mol. The molecule has 0 aromatic rings. The van der Waals surface area contributed by atoms with Crippen molar-refractivity contribution in [2.75, 3.05) is 6.54 Å². The summed E-state index contributed by atoms with van der Waals surface area (Å²) in [4.78, 5) is 0. The van der Waals surface area contributed by atoms with Crippen molar-refractivity contribution in [3.63, 3.8) is 0 Å².